The summed E-state index contributed by atoms with van der Waals surface area (Å²) in [6.07, 6.45) is 1.21. The Morgan fingerprint density at radius 1 is 1.53 bits per heavy atom. The Balaban J connectivity index is 2.21. The van der Waals surface area contributed by atoms with Crippen LogP contribution in [0.15, 0.2) is 22.7 Å². The SMILES string of the molecule is CC1(C)CC1n1c(CCl)nc2cc(Br)ccc21. The third-order valence-corrected chi connectivity index (χ3v) is 4.35. The lowest BCUT2D eigenvalue weighted by Crippen LogP contribution is -2.04. The Labute approximate surface area is 114 Å². The minimum atomic E-state index is 0.377. The molecule has 1 aliphatic carbocycles. The fraction of sp³-hybridized carbons (Fsp3) is 0.462. The zero-order valence-corrected chi connectivity index (χ0v) is 12.2. The summed E-state index contributed by atoms with van der Waals surface area (Å²) >= 11 is 9.49. The van der Waals surface area contributed by atoms with Gasteiger partial charge >= 0.3 is 0 Å². The van der Waals surface area contributed by atoms with E-state index >= 15 is 0 Å². The molecule has 1 aliphatic rings. The van der Waals surface area contributed by atoms with Crippen molar-refractivity contribution in [3.8, 4) is 0 Å². The molecule has 1 heterocycles. The molecule has 17 heavy (non-hydrogen) atoms. The maximum absolute atomic E-state index is 6.01. The molecule has 1 atom stereocenters. The largest absolute Gasteiger partial charge is 0.323 e. The normalized spacial score (nSPS) is 22.0. The second kappa shape index (κ2) is 3.72. The molecule has 90 valence electrons. The van der Waals surface area contributed by atoms with Crippen LogP contribution in [0, 0.1) is 5.41 Å². The van der Waals surface area contributed by atoms with Crippen LogP contribution in [0.4, 0.5) is 0 Å². The highest BCUT2D eigenvalue weighted by Crippen LogP contribution is 2.56. The van der Waals surface area contributed by atoms with Crippen molar-refractivity contribution in [2.75, 3.05) is 0 Å². The van der Waals surface area contributed by atoms with Gasteiger partial charge in [0.1, 0.15) is 5.82 Å². The standard InChI is InChI=1S/C13H14BrClN2/c1-13(2)6-11(13)17-10-4-3-8(14)5-9(10)16-12(17)7-15/h3-5,11H,6-7H2,1-2H3. The van der Waals surface area contributed by atoms with Gasteiger partial charge in [-0.05, 0) is 30.0 Å². The smallest absolute Gasteiger partial charge is 0.125 e. The molecule has 0 spiro atoms. The summed E-state index contributed by atoms with van der Waals surface area (Å²) in [5, 5.41) is 0. The van der Waals surface area contributed by atoms with Gasteiger partial charge in [0.15, 0.2) is 0 Å². The minimum absolute atomic E-state index is 0.377. The van der Waals surface area contributed by atoms with Crippen molar-refractivity contribution in [3.05, 3.63) is 28.5 Å². The number of benzene rings is 1. The van der Waals surface area contributed by atoms with E-state index in [0.717, 1.165) is 15.8 Å². The number of imidazole rings is 1. The van der Waals surface area contributed by atoms with Gasteiger partial charge in [0.2, 0.25) is 0 Å². The van der Waals surface area contributed by atoms with Crippen molar-refractivity contribution in [1.82, 2.24) is 9.55 Å². The summed E-state index contributed by atoms with van der Waals surface area (Å²) in [6.45, 7) is 4.58. The average Bonchev–Trinajstić information content (AvgIpc) is 2.74. The molecule has 0 radical (unpaired) electrons. The molecular weight excluding hydrogens is 300 g/mol. The van der Waals surface area contributed by atoms with E-state index in [4.69, 9.17) is 11.6 Å². The van der Waals surface area contributed by atoms with Gasteiger partial charge in [0.05, 0.1) is 16.9 Å². The monoisotopic (exact) mass is 312 g/mol. The molecule has 1 saturated carbocycles. The number of hydrogen-bond acceptors (Lipinski definition) is 1. The molecule has 3 rings (SSSR count). The molecular formula is C13H14BrClN2. The molecule has 0 aliphatic heterocycles. The zero-order valence-electron chi connectivity index (χ0n) is 9.87. The average molecular weight is 314 g/mol. The van der Waals surface area contributed by atoms with Gasteiger partial charge in [-0.2, -0.15) is 0 Å². The Hall–Kier alpha value is -0.540. The third-order valence-electron chi connectivity index (χ3n) is 3.62. The first-order valence-corrected chi connectivity index (χ1v) is 7.08. The van der Waals surface area contributed by atoms with E-state index in [-0.39, 0.29) is 0 Å². The molecule has 1 fully saturated rings. The molecule has 0 saturated heterocycles. The van der Waals surface area contributed by atoms with Crippen LogP contribution >= 0.6 is 27.5 Å². The van der Waals surface area contributed by atoms with Crippen LogP contribution in [-0.2, 0) is 5.88 Å². The maximum atomic E-state index is 6.01. The first-order valence-electron chi connectivity index (χ1n) is 5.75. The van der Waals surface area contributed by atoms with Crippen LogP contribution in [-0.4, -0.2) is 9.55 Å². The highest BCUT2D eigenvalue weighted by molar-refractivity contribution is 9.10. The molecule has 0 N–H and O–H groups in total. The van der Waals surface area contributed by atoms with Crippen LogP contribution in [0.5, 0.6) is 0 Å². The lowest BCUT2D eigenvalue weighted by atomic mass is 10.2. The van der Waals surface area contributed by atoms with Crippen LogP contribution in [0.1, 0.15) is 32.1 Å². The van der Waals surface area contributed by atoms with E-state index in [0.29, 0.717) is 17.3 Å². The van der Waals surface area contributed by atoms with Crippen molar-refractivity contribution in [1.29, 1.82) is 0 Å². The fourth-order valence-electron chi connectivity index (χ4n) is 2.44. The van der Waals surface area contributed by atoms with Gasteiger partial charge in [-0.1, -0.05) is 29.8 Å². The van der Waals surface area contributed by atoms with Crippen molar-refractivity contribution in [3.63, 3.8) is 0 Å². The van der Waals surface area contributed by atoms with E-state index in [1.165, 1.54) is 11.9 Å². The van der Waals surface area contributed by atoms with Gasteiger partial charge in [-0.3, -0.25) is 0 Å². The number of alkyl halides is 1. The number of hydrogen-bond donors (Lipinski definition) is 0. The van der Waals surface area contributed by atoms with Crippen molar-refractivity contribution in [2.45, 2.75) is 32.2 Å². The van der Waals surface area contributed by atoms with Crippen molar-refractivity contribution in [2.24, 2.45) is 5.41 Å². The minimum Gasteiger partial charge on any atom is -0.323 e. The topological polar surface area (TPSA) is 17.8 Å². The summed E-state index contributed by atoms with van der Waals surface area (Å²) in [5.41, 5.74) is 2.60. The van der Waals surface area contributed by atoms with Crippen molar-refractivity contribution < 1.29 is 0 Å². The van der Waals surface area contributed by atoms with E-state index in [1.54, 1.807) is 0 Å². The molecule has 2 aromatic rings. The molecule has 1 aromatic heterocycles. The summed E-state index contributed by atoms with van der Waals surface area (Å²) in [5.74, 6) is 1.45. The first kappa shape index (κ1) is 11.5. The summed E-state index contributed by atoms with van der Waals surface area (Å²) < 4.78 is 3.38. The second-order valence-electron chi connectivity index (χ2n) is 5.37. The van der Waals surface area contributed by atoms with Gasteiger partial charge in [0, 0.05) is 10.5 Å². The summed E-state index contributed by atoms with van der Waals surface area (Å²) in [4.78, 5) is 4.62. The quantitative estimate of drug-likeness (QED) is 0.746. The van der Waals surface area contributed by atoms with E-state index in [2.05, 4.69) is 57.5 Å². The van der Waals surface area contributed by atoms with E-state index in [1.807, 2.05) is 0 Å². The third kappa shape index (κ3) is 1.80. The Kier molecular flexibility index (Phi) is 2.53. The molecule has 2 nitrogen and oxygen atoms in total. The van der Waals surface area contributed by atoms with Gasteiger partial charge in [-0.25, -0.2) is 4.98 Å². The van der Waals surface area contributed by atoms with Gasteiger partial charge in [-0.15, -0.1) is 11.6 Å². The zero-order chi connectivity index (χ0) is 12.2. The molecule has 0 bridgehead atoms. The predicted molar refractivity (Wildman–Crippen MR) is 74.4 cm³/mol. The highest BCUT2D eigenvalue weighted by atomic mass is 79.9. The van der Waals surface area contributed by atoms with Gasteiger partial charge < -0.3 is 4.57 Å². The number of nitrogens with zero attached hydrogens (tertiary/aromatic N) is 2. The first-order chi connectivity index (χ1) is 8.03. The highest BCUT2D eigenvalue weighted by Gasteiger charge is 2.48. The van der Waals surface area contributed by atoms with Crippen LogP contribution in [0.25, 0.3) is 11.0 Å². The number of halogens is 2. The molecule has 1 aromatic carbocycles. The summed E-state index contributed by atoms with van der Waals surface area (Å²) in [6, 6.07) is 6.78. The van der Waals surface area contributed by atoms with Crippen LogP contribution < -0.4 is 0 Å². The fourth-order valence-corrected chi connectivity index (χ4v) is 2.98. The number of rotatable bonds is 2. The van der Waals surface area contributed by atoms with Crippen LogP contribution in [0.3, 0.4) is 0 Å². The van der Waals surface area contributed by atoms with Crippen LogP contribution in [0.2, 0.25) is 0 Å². The number of aromatic nitrogens is 2. The predicted octanol–water partition coefficient (Wildman–Crippen LogP) is 4.51. The van der Waals surface area contributed by atoms with E-state index in [9.17, 15) is 0 Å². The maximum Gasteiger partial charge on any atom is 0.125 e. The number of fused-ring (bicyclic) bond motifs is 1. The van der Waals surface area contributed by atoms with E-state index < -0.39 is 0 Å². The summed E-state index contributed by atoms with van der Waals surface area (Å²) in [7, 11) is 0. The molecule has 1 unspecified atom stereocenters. The lowest BCUT2D eigenvalue weighted by molar-refractivity contribution is 0.540. The molecule has 4 heteroatoms. The Morgan fingerprint density at radius 3 is 2.82 bits per heavy atom. The second-order valence-corrected chi connectivity index (χ2v) is 6.56. The Morgan fingerprint density at radius 2 is 2.24 bits per heavy atom. The Bertz CT molecular complexity index is 588. The molecule has 0 amide bonds. The van der Waals surface area contributed by atoms with Crippen molar-refractivity contribution >= 4 is 38.6 Å². The lowest BCUT2D eigenvalue weighted by Gasteiger charge is -2.09. The van der Waals surface area contributed by atoms with Gasteiger partial charge in [0.25, 0.3) is 0 Å².